The fraction of sp³-hybridized carbons (Fsp3) is 0.333. The largest absolute Gasteiger partial charge is 0.399 e. The van der Waals surface area contributed by atoms with Gasteiger partial charge in [-0.1, -0.05) is 0 Å². The zero-order chi connectivity index (χ0) is 14.9. The summed E-state index contributed by atoms with van der Waals surface area (Å²) in [7, 11) is -2.32. The van der Waals surface area contributed by atoms with Crippen LogP contribution in [0.5, 0.6) is 0 Å². The molecule has 0 unspecified atom stereocenters. The molecule has 0 spiro atoms. The number of hydrogen-bond acceptors (Lipinski definition) is 5. The maximum absolute atomic E-state index is 12.2. The predicted octanol–water partition coefficient (Wildman–Crippen LogP) is -0.0605. The van der Waals surface area contributed by atoms with Gasteiger partial charge in [0.05, 0.1) is 5.56 Å². The molecule has 1 heterocycles. The van der Waals surface area contributed by atoms with Gasteiger partial charge in [-0.2, -0.15) is 0 Å². The summed E-state index contributed by atoms with van der Waals surface area (Å²) in [5.41, 5.74) is 5.99. The average Bonchev–Trinajstić information content (AvgIpc) is 2.58. The minimum atomic E-state index is -3.82. The third kappa shape index (κ3) is 2.34. The monoisotopic (exact) mass is 297 g/mol. The summed E-state index contributed by atoms with van der Waals surface area (Å²) >= 11 is 0. The first-order chi connectivity index (χ1) is 9.37. The normalized spacial score (nSPS) is 16.1. The summed E-state index contributed by atoms with van der Waals surface area (Å²) in [6.45, 7) is -0.0246. The highest BCUT2D eigenvalue weighted by Crippen LogP contribution is 2.31. The van der Waals surface area contributed by atoms with Crippen LogP contribution in [0.25, 0.3) is 0 Å². The number of hydrogen-bond donors (Lipinski definition) is 2. The molecule has 2 rings (SSSR count). The van der Waals surface area contributed by atoms with Crippen molar-refractivity contribution < 1.29 is 18.0 Å². The molecule has 0 atom stereocenters. The Bertz CT molecular complexity index is 669. The standard InChI is InChI=1S/C12H15N3O4S/c1-14-11(16)3-2-6-15-12(17)9-7-8(13)4-5-10(9)20(15,18)19/h4-5,7H,2-3,6,13H2,1H3,(H,14,16). The van der Waals surface area contributed by atoms with Gasteiger partial charge in [0.25, 0.3) is 15.9 Å². The molecular formula is C12H15N3O4S. The number of nitrogens with one attached hydrogen (secondary N) is 1. The maximum atomic E-state index is 12.2. The quantitative estimate of drug-likeness (QED) is 0.757. The van der Waals surface area contributed by atoms with Crippen molar-refractivity contribution in [3.05, 3.63) is 23.8 Å². The van der Waals surface area contributed by atoms with E-state index in [0.717, 1.165) is 4.31 Å². The molecular weight excluding hydrogens is 282 g/mol. The number of carbonyl (C=O) groups is 2. The highest BCUT2D eigenvalue weighted by Gasteiger charge is 2.40. The second-order valence-electron chi connectivity index (χ2n) is 4.41. The Morgan fingerprint density at radius 1 is 1.40 bits per heavy atom. The first kappa shape index (κ1) is 14.3. The number of benzene rings is 1. The number of fused-ring (bicyclic) bond motifs is 1. The van der Waals surface area contributed by atoms with Gasteiger partial charge in [0.1, 0.15) is 4.90 Å². The van der Waals surface area contributed by atoms with Gasteiger partial charge < -0.3 is 11.1 Å². The molecule has 1 aromatic carbocycles. The highest BCUT2D eigenvalue weighted by atomic mass is 32.2. The number of sulfonamides is 1. The second-order valence-corrected chi connectivity index (χ2v) is 6.25. The molecule has 8 heteroatoms. The second kappa shape index (κ2) is 5.12. The molecule has 0 bridgehead atoms. The summed E-state index contributed by atoms with van der Waals surface area (Å²) in [6.07, 6.45) is 0.433. The lowest BCUT2D eigenvalue weighted by Crippen LogP contribution is -2.31. The van der Waals surface area contributed by atoms with Gasteiger partial charge in [0, 0.05) is 25.7 Å². The molecule has 3 N–H and O–H groups in total. The van der Waals surface area contributed by atoms with Crippen LogP contribution < -0.4 is 11.1 Å². The van der Waals surface area contributed by atoms with Crippen molar-refractivity contribution in [2.24, 2.45) is 0 Å². The Morgan fingerprint density at radius 3 is 2.75 bits per heavy atom. The van der Waals surface area contributed by atoms with Crippen LogP contribution >= 0.6 is 0 Å². The van der Waals surface area contributed by atoms with Gasteiger partial charge in [0.15, 0.2) is 0 Å². The first-order valence-corrected chi connectivity index (χ1v) is 7.49. The van der Waals surface area contributed by atoms with Crippen LogP contribution in [-0.2, 0) is 14.8 Å². The molecule has 1 aromatic rings. The van der Waals surface area contributed by atoms with Crippen LogP contribution in [0, 0.1) is 0 Å². The van der Waals surface area contributed by atoms with Crippen LogP contribution in [0.15, 0.2) is 23.1 Å². The SMILES string of the molecule is CNC(=O)CCCN1C(=O)c2cc(N)ccc2S1(=O)=O. The van der Waals surface area contributed by atoms with E-state index >= 15 is 0 Å². The van der Waals surface area contributed by atoms with Crippen LogP contribution in [0.1, 0.15) is 23.2 Å². The van der Waals surface area contributed by atoms with E-state index < -0.39 is 15.9 Å². The van der Waals surface area contributed by atoms with Crippen molar-refractivity contribution >= 4 is 27.5 Å². The van der Waals surface area contributed by atoms with E-state index in [-0.39, 0.29) is 35.8 Å². The third-order valence-electron chi connectivity index (χ3n) is 3.07. The van der Waals surface area contributed by atoms with Gasteiger partial charge in [-0.05, 0) is 24.6 Å². The van der Waals surface area contributed by atoms with E-state index in [9.17, 15) is 18.0 Å². The fourth-order valence-electron chi connectivity index (χ4n) is 2.03. The van der Waals surface area contributed by atoms with Gasteiger partial charge >= 0.3 is 0 Å². The Balaban J connectivity index is 2.21. The predicted molar refractivity (Wildman–Crippen MR) is 72.4 cm³/mol. The van der Waals surface area contributed by atoms with Crippen molar-refractivity contribution in [1.82, 2.24) is 9.62 Å². The van der Waals surface area contributed by atoms with E-state index in [4.69, 9.17) is 5.73 Å². The molecule has 0 aliphatic carbocycles. The van der Waals surface area contributed by atoms with E-state index in [1.807, 2.05) is 0 Å². The van der Waals surface area contributed by atoms with Gasteiger partial charge in [-0.25, -0.2) is 12.7 Å². The molecule has 0 aromatic heterocycles. The van der Waals surface area contributed by atoms with Gasteiger partial charge in [-0.3, -0.25) is 9.59 Å². The molecule has 0 saturated carbocycles. The van der Waals surface area contributed by atoms with E-state index in [1.165, 1.54) is 25.2 Å². The molecule has 7 nitrogen and oxygen atoms in total. The van der Waals surface area contributed by atoms with Crippen molar-refractivity contribution in [3.8, 4) is 0 Å². The molecule has 108 valence electrons. The van der Waals surface area contributed by atoms with Crippen molar-refractivity contribution in [3.63, 3.8) is 0 Å². The first-order valence-electron chi connectivity index (χ1n) is 6.05. The molecule has 1 aliphatic heterocycles. The van der Waals surface area contributed by atoms with Crippen LogP contribution in [0.4, 0.5) is 5.69 Å². The zero-order valence-electron chi connectivity index (χ0n) is 10.9. The summed E-state index contributed by atoms with van der Waals surface area (Å²) in [4.78, 5) is 23.2. The van der Waals surface area contributed by atoms with Gasteiger partial charge in [-0.15, -0.1) is 0 Å². The zero-order valence-corrected chi connectivity index (χ0v) is 11.7. The number of nitrogens with two attached hydrogens (primary N) is 1. The minimum absolute atomic E-state index is 0.0246. The Kier molecular flexibility index (Phi) is 3.67. The van der Waals surface area contributed by atoms with Crippen LogP contribution in [0.2, 0.25) is 0 Å². The molecule has 0 radical (unpaired) electrons. The fourth-order valence-corrected chi connectivity index (χ4v) is 3.62. The van der Waals surface area contributed by atoms with E-state index in [0.29, 0.717) is 5.69 Å². The topological polar surface area (TPSA) is 110 Å². The molecule has 2 amide bonds. The molecule has 0 saturated heterocycles. The Morgan fingerprint density at radius 2 is 2.10 bits per heavy atom. The van der Waals surface area contributed by atoms with Crippen LogP contribution in [-0.4, -0.2) is 38.1 Å². The summed E-state index contributed by atoms with van der Waals surface area (Å²) in [5.74, 6) is -0.792. The molecule has 0 fully saturated rings. The summed E-state index contributed by atoms with van der Waals surface area (Å²) in [5, 5.41) is 2.44. The lowest BCUT2D eigenvalue weighted by atomic mass is 10.2. The molecule has 20 heavy (non-hydrogen) atoms. The number of rotatable bonds is 4. The van der Waals surface area contributed by atoms with Crippen molar-refractivity contribution in [2.75, 3.05) is 19.3 Å². The smallest absolute Gasteiger partial charge is 0.269 e. The molecule has 1 aliphatic rings. The lowest BCUT2D eigenvalue weighted by Gasteiger charge is -2.14. The lowest BCUT2D eigenvalue weighted by molar-refractivity contribution is -0.120. The number of anilines is 1. The number of nitrogens with zero attached hydrogens (tertiary/aromatic N) is 1. The highest BCUT2D eigenvalue weighted by molar-refractivity contribution is 7.90. The van der Waals surface area contributed by atoms with Gasteiger partial charge in [0.2, 0.25) is 5.91 Å². The minimum Gasteiger partial charge on any atom is -0.399 e. The Hall–Kier alpha value is -2.09. The number of carbonyl (C=O) groups excluding carboxylic acids is 2. The van der Waals surface area contributed by atoms with Crippen molar-refractivity contribution in [2.45, 2.75) is 17.7 Å². The van der Waals surface area contributed by atoms with E-state index in [1.54, 1.807) is 0 Å². The Labute approximate surface area is 116 Å². The summed E-state index contributed by atoms with van der Waals surface area (Å²) < 4.78 is 25.2. The number of nitrogen functional groups attached to an aromatic ring is 1. The summed E-state index contributed by atoms with van der Waals surface area (Å²) in [6, 6.07) is 4.13. The van der Waals surface area contributed by atoms with E-state index in [2.05, 4.69) is 5.32 Å². The van der Waals surface area contributed by atoms with Crippen LogP contribution in [0.3, 0.4) is 0 Å². The third-order valence-corrected chi connectivity index (χ3v) is 4.91. The average molecular weight is 297 g/mol. The van der Waals surface area contributed by atoms with Crippen molar-refractivity contribution in [1.29, 1.82) is 0 Å². The number of amides is 2. The maximum Gasteiger partial charge on any atom is 0.269 e.